The summed E-state index contributed by atoms with van der Waals surface area (Å²) in [6.07, 6.45) is -2.51. The van der Waals surface area contributed by atoms with E-state index in [-0.39, 0.29) is 51.4 Å². The number of aliphatic hydroxyl groups excluding tert-OH is 1. The van der Waals surface area contributed by atoms with E-state index in [1.165, 1.54) is 0 Å². The summed E-state index contributed by atoms with van der Waals surface area (Å²) < 4.78 is 51.2. The first-order chi connectivity index (χ1) is 6.88. The standard InChI is InChI=1S/C9H8F4NO.K/c10-5-1-2-7(11)6(3-5)8(15)9(12,13)4-14;/h1-3,8,14-15H,4H2;/q-1;+1. The van der Waals surface area contributed by atoms with Gasteiger partial charge in [0.25, 0.3) is 5.92 Å². The predicted molar refractivity (Wildman–Crippen MR) is 45.5 cm³/mol. The Morgan fingerprint density at radius 1 is 1.31 bits per heavy atom. The van der Waals surface area contributed by atoms with Crippen molar-refractivity contribution in [3.63, 3.8) is 0 Å². The van der Waals surface area contributed by atoms with Gasteiger partial charge in [-0.15, -0.1) is 0 Å². The average Bonchev–Trinajstić information content (AvgIpc) is 2.20. The van der Waals surface area contributed by atoms with Crippen molar-refractivity contribution in [3.05, 3.63) is 41.1 Å². The van der Waals surface area contributed by atoms with Crippen molar-refractivity contribution in [1.82, 2.24) is 0 Å². The van der Waals surface area contributed by atoms with Crippen molar-refractivity contribution in [3.8, 4) is 0 Å². The molecule has 0 fully saturated rings. The quantitative estimate of drug-likeness (QED) is 0.589. The van der Waals surface area contributed by atoms with Gasteiger partial charge in [0, 0.05) is 5.56 Å². The smallest absolute Gasteiger partial charge is 0.672 e. The van der Waals surface area contributed by atoms with E-state index in [4.69, 9.17) is 10.8 Å². The number of alkyl halides is 2. The minimum atomic E-state index is -3.80. The van der Waals surface area contributed by atoms with Gasteiger partial charge < -0.3 is 10.8 Å². The largest absolute Gasteiger partial charge is 1.00 e. The normalized spacial score (nSPS) is 13.1. The monoisotopic (exact) mass is 261 g/mol. The molecule has 0 heterocycles. The van der Waals surface area contributed by atoms with Crippen LogP contribution in [0.4, 0.5) is 17.6 Å². The first kappa shape index (κ1) is 16.5. The van der Waals surface area contributed by atoms with Crippen LogP contribution in [-0.4, -0.2) is 17.6 Å². The Hall–Kier alpha value is 0.496. The number of aliphatic hydroxyl groups is 1. The third-order valence-electron chi connectivity index (χ3n) is 1.89. The van der Waals surface area contributed by atoms with Crippen molar-refractivity contribution < 1.29 is 74.1 Å². The first-order valence-corrected chi connectivity index (χ1v) is 4.04. The van der Waals surface area contributed by atoms with Crippen LogP contribution in [0.2, 0.25) is 0 Å². The molecule has 0 aromatic heterocycles. The summed E-state index contributed by atoms with van der Waals surface area (Å²) in [5.41, 5.74) is 5.64. The maximum Gasteiger partial charge on any atom is 1.00 e. The molecule has 1 rings (SSSR count). The summed E-state index contributed by atoms with van der Waals surface area (Å²) in [6, 6.07) is 1.89. The number of rotatable bonds is 3. The van der Waals surface area contributed by atoms with E-state index < -0.39 is 35.8 Å². The molecule has 1 aromatic rings. The van der Waals surface area contributed by atoms with E-state index in [9.17, 15) is 17.6 Å². The van der Waals surface area contributed by atoms with E-state index in [2.05, 4.69) is 0 Å². The molecule has 0 spiro atoms. The molecule has 1 aromatic carbocycles. The second-order valence-electron chi connectivity index (χ2n) is 3.01. The van der Waals surface area contributed by atoms with Crippen molar-refractivity contribution in [2.75, 3.05) is 6.54 Å². The van der Waals surface area contributed by atoms with Gasteiger partial charge in [-0.2, -0.15) is 0 Å². The van der Waals surface area contributed by atoms with Crippen LogP contribution in [0.1, 0.15) is 11.7 Å². The molecule has 2 nitrogen and oxygen atoms in total. The van der Waals surface area contributed by atoms with Crippen LogP contribution in [0.25, 0.3) is 5.73 Å². The average molecular weight is 261 g/mol. The molecule has 1 atom stereocenters. The molecule has 0 saturated heterocycles. The van der Waals surface area contributed by atoms with Gasteiger partial charge in [-0.3, -0.25) is 0 Å². The molecule has 0 aliphatic carbocycles. The van der Waals surface area contributed by atoms with Crippen LogP contribution in [0, 0.1) is 11.6 Å². The topological polar surface area (TPSA) is 44.0 Å². The Morgan fingerprint density at radius 2 is 1.88 bits per heavy atom. The minimum absolute atomic E-state index is 0. The Balaban J connectivity index is 0.00000225. The Morgan fingerprint density at radius 3 is 2.38 bits per heavy atom. The van der Waals surface area contributed by atoms with Crippen LogP contribution >= 0.6 is 0 Å². The van der Waals surface area contributed by atoms with Gasteiger partial charge >= 0.3 is 51.4 Å². The molecule has 0 amide bonds. The van der Waals surface area contributed by atoms with Crippen LogP contribution in [-0.2, 0) is 0 Å². The second kappa shape index (κ2) is 6.43. The Bertz CT molecular complexity index is 361. The molecular weight excluding hydrogens is 253 g/mol. The van der Waals surface area contributed by atoms with Crippen LogP contribution in [0.3, 0.4) is 0 Å². The Labute approximate surface area is 132 Å². The van der Waals surface area contributed by atoms with Crippen LogP contribution in [0.15, 0.2) is 18.2 Å². The fourth-order valence-corrected chi connectivity index (χ4v) is 1.05. The summed E-state index contributed by atoms with van der Waals surface area (Å²) >= 11 is 0. The Kier molecular flexibility index (Phi) is 6.63. The van der Waals surface area contributed by atoms with Crippen molar-refractivity contribution in [2.24, 2.45) is 0 Å². The molecule has 0 radical (unpaired) electrons. The van der Waals surface area contributed by atoms with Gasteiger partial charge in [0.05, 0.1) is 0 Å². The van der Waals surface area contributed by atoms with E-state index >= 15 is 0 Å². The first-order valence-electron chi connectivity index (χ1n) is 4.04. The summed E-state index contributed by atoms with van der Waals surface area (Å²) in [5.74, 6) is -5.85. The van der Waals surface area contributed by atoms with Crippen LogP contribution in [0.5, 0.6) is 0 Å². The zero-order chi connectivity index (χ0) is 11.6. The van der Waals surface area contributed by atoms with E-state index in [0.29, 0.717) is 12.1 Å². The molecule has 16 heavy (non-hydrogen) atoms. The molecule has 0 aliphatic heterocycles. The molecule has 0 saturated carbocycles. The third-order valence-corrected chi connectivity index (χ3v) is 1.89. The third kappa shape index (κ3) is 3.76. The summed E-state index contributed by atoms with van der Waals surface area (Å²) in [5, 5.41) is 9.08. The molecule has 0 bridgehead atoms. The van der Waals surface area contributed by atoms with Gasteiger partial charge in [-0.1, -0.05) is 6.54 Å². The SMILES string of the molecule is [K+].[NH-]CC(F)(F)C(O)c1cc(F)ccc1F. The fourth-order valence-electron chi connectivity index (χ4n) is 1.05. The number of halogens is 4. The zero-order valence-corrected chi connectivity index (χ0v) is 11.6. The number of nitrogens with one attached hydrogen (secondary N) is 1. The minimum Gasteiger partial charge on any atom is -0.672 e. The fraction of sp³-hybridized carbons (Fsp3) is 0.333. The van der Waals surface area contributed by atoms with Gasteiger partial charge in [-0.05, 0) is 18.2 Å². The maximum absolute atomic E-state index is 13.0. The molecule has 1 unspecified atom stereocenters. The van der Waals surface area contributed by atoms with E-state index in [1.54, 1.807) is 0 Å². The van der Waals surface area contributed by atoms with Crippen molar-refractivity contribution in [1.29, 1.82) is 0 Å². The van der Waals surface area contributed by atoms with Gasteiger partial charge in [0.15, 0.2) is 0 Å². The molecule has 2 N–H and O–H groups in total. The maximum atomic E-state index is 13.0. The molecular formula is C9H8F4KNO. The van der Waals surface area contributed by atoms with Gasteiger partial charge in [0.2, 0.25) is 0 Å². The predicted octanol–water partition coefficient (Wildman–Crippen LogP) is -0.310. The number of hydrogen-bond acceptors (Lipinski definition) is 1. The summed E-state index contributed by atoms with van der Waals surface area (Å²) in [6.45, 7) is -1.40. The van der Waals surface area contributed by atoms with Crippen molar-refractivity contribution in [2.45, 2.75) is 12.0 Å². The van der Waals surface area contributed by atoms with Crippen molar-refractivity contribution >= 4 is 0 Å². The summed E-state index contributed by atoms with van der Waals surface area (Å²) in [7, 11) is 0. The number of benzene rings is 1. The van der Waals surface area contributed by atoms with Gasteiger partial charge in [-0.25, -0.2) is 17.6 Å². The number of hydrogen-bond donors (Lipinski definition) is 1. The van der Waals surface area contributed by atoms with E-state index in [1.807, 2.05) is 0 Å². The zero-order valence-electron chi connectivity index (χ0n) is 8.48. The second-order valence-corrected chi connectivity index (χ2v) is 3.01. The van der Waals surface area contributed by atoms with Crippen LogP contribution < -0.4 is 51.4 Å². The van der Waals surface area contributed by atoms with Gasteiger partial charge in [0.1, 0.15) is 17.7 Å². The molecule has 84 valence electrons. The summed E-state index contributed by atoms with van der Waals surface area (Å²) in [4.78, 5) is 0. The molecule has 0 aliphatic rings. The molecule has 7 heteroatoms. The van der Waals surface area contributed by atoms with E-state index in [0.717, 1.165) is 6.07 Å².